The Hall–Kier alpha value is 0.397. The van der Waals surface area contributed by atoms with E-state index in [-0.39, 0.29) is 0 Å². The first-order valence-corrected chi connectivity index (χ1v) is 10.2. The van der Waals surface area contributed by atoms with Crippen LogP contribution in [0, 0.1) is 0 Å². The molecular weight excluding hydrogens is 254 g/mol. The van der Waals surface area contributed by atoms with Gasteiger partial charge in [0.15, 0.2) is 0 Å². The normalized spacial score (nSPS) is 24.3. The van der Waals surface area contributed by atoms with Gasteiger partial charge in [-0.15, -0.1) is 0 Å². The first-order chi connectivity index (χ1) is 6.55. The molecule has 1 nitrogen and oxygen atoms in total. The minimum absolute atomic E-state index is 0.695. The maximum absolute atomic E-state index is 3.62. The van der Waals surface area contributed by atoms with Crippen LogP contribution in [0.3, 0.4) is 0 Å². The van der Waals surface area contributed by atoms with Crippen molar-refractivity contribution in [2.75, 3.05) is 11.9 Å². The molecule has 82 valence electrons. The van der Waals surface area contributed by atoms with E-state index in [1.54, 1.807) is 5.20 Å². The van der Waals surface area contributed by atoms with E-state index in [9.17, 15) is 0 Å². The molecule has 1 rings (SSSR count). The Labute approximate surface area is 97.5 Å². The number of alkyl halides is 1. The second-order valence-electron chi connectivity index (χ2n) is 5.04. The molecule has 0 aromatic rings. The van der Waals surface area contributed by atoms with Crippen molar-refractivity contribution in [3.8, 4) is 0 Å². The summed E-state index contributed by atoms with van der Waals surface area (Å²) in [6.45, 7) is 8.56. The summed E-state index contributed by atoms with van der Waals surface area (Å²) in [6.07, 6.45) is 6.35. The van der Waals surface area contributed by atoms with Gasteiger partial charge in [0, 0.05) is 11.4 Å². The molecule has 1 N–H and O–H groups in total. The number of hydrogen-bond acceptors (Lipinski definition) is 1. The van der Waals surface area contributed by atoms with E-state index in [1.807, 2.05) is 0 Å². The lowest BCUT2D eigenvalue weighted by Crippen LogP contribution is -2.37. The van der Waals surface area contributed by atoms with Crippen molar-refractivity contribution in [2.24, 2.45) is 0 Å². The Kier molecular flexibility index (Phi) is 4.87. The largest absolute Gasteiger partial charge is 0.311 e. The fourth-order valence-electron chi connectivity index (χ4n) is 2.13. The maximum atomic E-state index is 3.62. The summed E-state index contributed by atoms with van der Waals surface area (Å²) in [5.41, 5.74) is 0. The highest BCUT2D eigenvalue weighted by atomic mass is 79.9. The van der Waals surface area contributed by atoms with Gasteiger partial charge in [0.2, 0.25) is 0 Å². The summed E-state index contributed by atoms with van der Waals surface area (Å²) in [5, 5.41) is 6.45. The highest BCUT2D eigenvalue weighted by molar-refractivity contribution is 9.09. The van der Waals surface area contributed by atoms with Gasteiger partial charge in [-0.2, -0.15) is 0 Å². The van der Waals surface area contributed by atoms with Crippen LogP contribution in [-0.2, 0) is 0 Å². The zero-order chi connectivity index (χ0) is 10.6. The highest BCUT2D eigenvalue weighted by Gasteiger charge is 2.28. The average molecular weight is 276 g/mol. The van der Waals surface area contributed by atoms with E-state index in [0.29, 0.717) is 6.04 Å². The van der Waals surface area contributed by atoms with Gasteiger partial charge in [0.05, 0.1) is 8.07 Å². The predicted molar refractivity (Wildman–Crippen MR) is 70.9 cm³/mol. The molecule has 1 atom stereocenters. The molecule has 0 spiro atoms. The Morgan fingerprint density at radius 1 is 1.50 bits per heavy atom. The number of allylic oxidation sites excluding steroid dienone is 1. The zero-order valence-electron chi connectivity index (χ0n) is 9.57. The van der Waals surface area contributed by atoms with E-state index in [1.165, 1.54) is 25.8 Å². The molecule has 1 saturated heterocycles. The third kappa shape index (κ3) is 3.52. The minimum Gasteiger partial charge on any atom is -0.311 e. The molecule has 1 aliphatic heterocycles. The fourth-order valence-corrected chi connectivity index (χ4v) is 4.41. The van der Waals surface area contributed by atoms with E-state index in [2.05, 4.69) is 47.0 Å². The summed E-state index contributed by atoms with van der Waals surface area (Å²) in [6, 6.07) is 0.695. The summed E-state index contributed by atoms with van der Waals surface area (Å²) >= 11 is 3.50. The lowest BCUT2D eigenvalue weighted by Gasteiger charge is -2.27. The molecule has 14 heavy (non-hydrogen) atoms. The Bertz CT molecular complexity index is 202. The Morgan fingerprint density at radius 2 is 2.21 bits per heavy atom. The van der Waals surface area contributed by atoms with Gasteiger partial charge >= 0.3 is 0 Å². The second kappa shape index (κ2) is 5.47. The summed E-state index contributed by atoms with van der Waals surface area (Å²) in [7, 11) is -1.11. The van der Waals surface area contributed by atoms with E-state index in [0.717, 1.165) is 5.33 Å². The Morgan fingerprint density at radius 3 is 2.64 bits per heavy atom. The number of halogens is 1. The summed E-state index contributed by atoms with van der Waals surface area (Å²) in [5.74, 6) is 0. The van der Waals surface area contributed by atoms with Crippen LogP contribution in [-0.4, -0.2) is 26.0 Å². The van der Waals surface area contributed by atoms with Crippen molar-refractivity contribution < 1.29 is 0 Å². The molecule has 1 fully saturated rings. The maximum Gasteiger partial charge on any atom is 0.0740 e. The van der Waals surface area contributed by atoms with Gasteiger partial charge < -0.3 is 5.32 Å². The van der Waals surface area contributed by atoms with Gasteiger partial charge in [0.1, 0.15) is 0 Å². The first kappa shape index (κ1) is 12.5. The van der Waals surface area contributed by atoms with Gasteiger partial charge in [-0.1, -0.05) is 46.8 Å². The lowest BCUT2D eigenvalue weighted by molar-refractivity contribution is 0.707. The molecule has 0 amide bonds. The standard InChI is InChI=1S/C11H22BrNSi/c1-14(2,3)11(7-4-8-12)10-6-5-9-13-10/h7,10,13H,4-6,8-9H2,1-3H3/b11-7-/t10-/m1/s1. The minimum atomic E-state index is -1.11. The molecule has 0 radical (unpaired) electrons. The molecule has 3 heteroatoms. The SMILES string of the molecule is C[Si](C)(C)/C(=C\CCBr)[C@H]1CCCN1. The first-order valence-electron chi connectivity index (χ1n) is 5.55. The molecule has 0 bridgehead atoms. The second-order valence-corrected chi connectivity index (χ2v) is 10.9. The molecule has 0 unspecified atom stereocenters. The molecule has 1 heterocycles. The third-order valence-electron chi connectivity index (χ3n) is 2.78. The average Bonchev–Trinajstić information content (AvgIpc) is 2.55. The van der Waals surface area contributed by atoms with Gasteiger partial charge in [-0.3, -0.25) is 0 Å². The van der Waals surface area contributed by atoms with Crippen LogP contribution in [0.4, 0.5) is 0 Å². The predicted octanol–water partition coefficient (Wildman–Crippen LogP) is 3.33. The van der Waals surface area contributed by atoms with Crippen molar-refractivity contribution in [3.05, 3.63) is 11.3 Å². The van der Waals surface area contributed by atoms with Crippen molar-refractivity contribution in [2.45, 2.75) is 44.9 Å². The third-order valence-corrected chi connectivity index (χ3v) is 5.52. The molecule has 0 aromatic carbocycles. The molecule has 0 saturated carbocycles. The molecule has 0 aliphatic carbocycles. The quantitative estimate of drug-likeness (QED) is 0.613. The van der Waals surface area contributed by atoms with Crippen LogP contribution in [0.1, 0.15) is 19.3 Å². The number of rotatable bonds is 4. The topological polar surface area (TPSA) is 12.0 Å². The van der Waals surface area contributed by atoms with Crippen molar-refractivity contribution >= 4 is 24.0 Å². The summed E-state index contributed by atoms with van der Waals surface area (Å²) < 4.78 is 0. The van der Waals surface area contributed by atoms with Crippen LogP contribution in [0.15, 0.2) is 11.3 Å². The molecule has 1 aliphatic rings. The van der Waals surface area contributed by atoms with Gasteiger partial charge in [-0.25, -0.2) is 0 Å². The van der Waals surface area contributed by atoms with Crippen LogP contribution < -0.4 is 5.32 Å². The van der Waals surface area contributed by atoms with Crippen molar-refractivity contribution in [1.82, 2.24) is 5.32 Å². The van der Waals surface area contributed by atoms with Gasteiger partial charge in [0.25, 0.3) is 0 Å². The number of nitrogens with one attached hydrogen (secondary N) is 1. The number of hydrogen-bond donors (Lipinski definition) is 1. The van der Waals surface area contributed by atoms with E-state index in [4.69, 9.17) is 0 Å². The van der Waals surface area contributed by atoms with Gasteiger partial charge in [-0.05, 0) is 25.8 Å². The van der Waals surface area contributed by atoms with Crippen LogP contribution in [0.25, 0.3) is 0 Å². The lowest BCUT2D eigenvalue weighted by atomic mass is 10.2. The highest BCUT2D eigenvalue weighted by Crippen LogP contribution is 2.24. The van der Waals surface area contributed by atoms with E-state index < -0.39 is 8.07 Å². The molecule has 0 aromatic heterocycles. The smallest absolute Gasteiger partial charge is 0.0740 e. The Balaban J connectivity index is 2.70. The van der Waals surface area contributed by atoms with E-state index >= 15 is 0 Å². The fraction of sp³-hybridized carbons (Fsp3) is 0.818. The zero-order valence-corrected chi connectivity index (χ0v) is 12.2. The van der Waals surface area contributed by atoms with Crippen LogP contribution in [0.5, 0.6) is 0 Å². The van der Waals surface area contributed by atoms with Crippen molar-refractivity contribution in [1.29, 1.82) is 0 Å². The van der Waals surface area contributed by atoms with Crippen molar-refractivity contribution in [3.63, 3.8) is 0 Å². The summed E-state index contributed by atoms with van der Waals surface area (Å²) in [4.78, 5) is 0. The van der Waals surface area contributed by atoms with Crippen LogP contribution >= 0.6 is 15.9 Å². The molecular formula is C11H22BrNSi. The monoisotopic (exact) mass is 275 g/mol. The van der Waals surface area contributed by atoms with Crippen LogP contribution in [0.2, 0.25) is 19.6 Å².